The van der Waals surface area contributed by atoms with Crippen molar-refractivity contribution in [2.75, 3.05) is 7.11 Å². The number of hydrogen-bond donors (Lipinski definition) is 1. The molecule has 1 N–H and O–H groups in total. The van der Waals surface area contributed by atoms with Crippen LogP contribution in [-0.4, -0.2) is 28.1 Å². The molecule has 7 rings (SSSR count). The first-order valence-corrected chi connectivity index (χ1v) is 14.6. The molecule has 7 atom stereocenters. The molecule has 38 heavy (non-hydrogen) atoms. The van der Waals surface area contributed by atoms with E-state index in [1.807, 2.05) is 24.3 Å². The average molecular weight is 513 g/mol. The smallest absolute Gasteiger partial charge is 0.152 e. The number of allylic oxidation sites excluding steroid dienone is 1. The molecule has 3 saturated carbocycles. The first kappa shape index (κ1) is 24.3. The van der Waals surface area contributed by atoms with Crippen LogP contribution in [0.4, 0.5) is 0 Å². The molecule has 5 nitrogen and oxygen atoms in total. The summed E-state index contributed by atoms with van der Waals surface area (Å²) in [5.41, 5.74) is 5.32. The van der Waals surface area contributed by atoms with Crippen LogP contribution in [0.15, 0.2) is 64.8 Å². The zero-order valence-corrected chi connectivity index (χ0v) is 22.9. The van der Waals surface area contributed by atoms with Gasteiger partial charge < -0.3 is 14.3 Å². The van der Waals surface area contributed by atoms with Crippen molar-refractivity contribution in [3.63, 3.8) is 0 Å². The minimum absolute atomic E-state index is 0.139. The SMILES string of the molecule is COc1ccc(-n2nc([C@H]3CC[C@H]4[C@@H]5CC=C6C[C@@H](O)CC[C@]6(C)[C@H]5CC[C@]34C)cc2-c2ccco2)cc1. The summed E-state index contributed by atoms with van der Waals surface area (Å²) < 4.78 is 13.3. The number of nitrogens with zero attached hydrogens (tertiary/aromatic N) is 2. The molecule has 1 aromatic carbocycles. The van der Waals surface area contributed by atoms with Crippen molar-refractivity contribution in [3.8, 4) is 22.9 Å². The van der Waals surface area contributed by atoms with Gasteiger partial charge in [-0.15, -0.1) is 0 Å². The van der Waals surface area contributed by atoms with Gasteiger partial charge in [-0.05, 0) is 122 Å². The molecule has 0 radical (unpaired) electrons. The second-order valence-electron chi connectivity index (χ2n) is 12.9. The molecular formula is C33H40N2O3. The van der Waals surface area contributed by atoms with E-state index in [1.165, 1.54) is 37.8 Å². The van der Waals surface area contributed by atoms with Gasteiger partial charge in [-0.2, -0.15) is 5.10 Å². The molecule has 0 bridgehead atoms. The van der Waals surface area contributed by atoms with E-state index in [0.717, 1.165) is 59.9 Å². The number of aliphatic hydroxyl groups is 1. The predicted octanol–water partition coefficient (Wildman–Crippen LogP) is 7.55. The summed E-state index contributed by atoms with van der Waals surface area (Å²) in [5, 5.41) is 15.6. The number of furan rings is 1. The van der Waals surface area contributed by atoms with E-state index in [2.05, 4.69) is 42.8 Å². The van der Waals surface area contributed by atoms with Gasteiger partial charge in [0, 0.05) is 5.92 Å². The number of hydrogen-bond acceptors (Lipinski definition) is 4. The molecule has 3 fully saturated rings. The highest BCUT2D eigenvalue weighted by Crippen LogP contribution is 2.68. The summed E-state index contributed by atoms with van der Waals surface area (Å²) in [6.07, 6.45) is 13.4. The van der Waals surface area contributed by atoms with Crippen molar-refractivity contribution < 1.29 is 14.3 Å². The lowest BCUT2D eigenvalue weighted by Gasteiger charge is -2.58. The van der Waals surface area contributed by atoms with E-state index in [1.54, 1.807) is 18.9 Å². The van der Waals surface area contributed by atoms with Crippen LogP contribution < -0.4 is 4.74 Å². The van der Waals surface area contributed by atoms with Crippen molar-refractivity contribution in [3.05, 3.63) is 66.1 Å². The summed E-state index contributed by atoms with van der Waals surface area (Å²) in [7, 11) is 1.70. The zero-order chi connectivity index (χ0) is 26.1. The quantitative estimate of drug-likeness (QED) is 0.367. The molecule has 200 valence electrons. The lowest BCUT2D eigenvalue weighted by molar-refractivity contribution is -0.0412. The number of methoxy groups -OCH3 is 1. The van der Waals surface area contributed by atoms with E-state index in [0.29, 0.717) is 5.92 Å². The van der Waals surface area contributed by atoms with Crippen molar-refractivity contribution in [2.45, 2.75) is 77.2 Å². The van der Waals surface area contributed by atoms with Crippen LogP contribution in [0, 0.1) is 28.6 Å². The molecule has 2 heterocycles. The number of aromatic nitrogens is 2. The Labute approximate surface area is 225 Å². The number of ether oxygens (including phenoxy) is 1. The Kier molecular flexibility index (Phi) is 5.67. The molecule has 0 aliphatic heterocycles. The Morgan fingerprint density at radius 3 is 2.63 bits per heavy atom. The van der Waals surface area contributed by atoms with E-state index >= 15 is 0 Å². The Balaban J connectivity index is 1.23. The summed E-state index contributed by atoms with van der Waals surface area (Å²) in [6, 6.07) is 14.4. The van der Waals surface area contributed by atoms with E-state index < -0.39 is 0 Å². The van der Waals surface area contributed by atoms with Crippen LogP contribution in [0.25, 0.3) is 17.1 Å². The summed E-state index contributed by atoms with van der Waals surface area (Å²) in [5.74, 6) is 4.37. The minimum Gasteiger partial charge on any atom is -0.497 e. The van der Waals surface area contributed by atoms with Gasteiger partial charge in [-0.25, -0.2) is 4.68 Å². The van der Waals surface area contributed by atoms with Gasteiger partial charge in [0.25, 0.3) is 0 Å². The van der Waals surface area contributed by atoms with Crippen LogP contribution in [0.2, 0.25) is 0 Å². The summed E-state index contributed by atoms with van der Waals surface area (Å²) in [4.78, 5) is 0. The van der Waals surface area contributed by atoms with Crippen molar-refractivity contribution in [1.29, 1.82) is 0 Å². The molecule has 2 aromatic heterocycles. The second-order valence-corrected chi connectivity index (χ2v) is 12.9. The van der Waals surface area contributed by atoms with Crippen molar-refractivity contribution in [2.24, 2.45) is 28.6 Å². The topological polar surface area (TPSA) is 60.4 Å². The molecular weight excluding hydrogens is 472 g/mol. The van der Waals surface area contributed by atoms with Gasteiger partial charge in [0.1, 0.15) is 11.4 Å². The largest absolute Gasteiger partial charge is 0.497 e. The third kappa shape index (κ3) is 3.57. The Morgan fingerprint density at radius 1 is 1.03 bits per heavy atom. The van der Waals surface area contributed by atoms with Crippen molar-refractivity contribution in [1.82, 2.24) is 9.78 Å². The maximum absolute atomic E-state index is 10.3. The molecule has 0 amide bonds. The fraction of sp³-hybridized carbons (Fsp3) is 0.545. The number of aliphatic hydroxyl groups excluding tert-OH is 1. The van der Waals surface area contributed by atoms with E-state index in [9.17, 15) is 5.11 Å². The Hall–Kier alpha value is -2.79. The summed E-state index contributed by atoms with van der Waals surface area (Å²) >= 11 is 0. The third-order valence-electron chi connectivity index (χ3n) is 11.3. The normalized spacial score (nSPS) is 36.2. The highest BCUT2D eigenvalue weighted by Gasteiger charge is 2.59. The van der Waals surface area contributed by atoms with Gasteiger partial charge in [0.15, 0.2) is 5.76 Å². The van der Waals surface area contributed by atoms with E-state index in [-0.39, 0.29) is 16.9 Å². The van der Waals surface area contributed by atoms with Gasteiger partial charge >= 0.3 is 0 Å². The lowest BCUT2D eigenvalue weighted by Crippen LogP contribution is -2.50. The Bertz CT molecular complexity index is 1340. The fourth-order valence-electron chi connectivity index (χ4n) is 9.22. The third-order valence-corrected chi connectivity index (χ3v) is 11.3. The fourth-order valence-corrected chi connectivity index (χ4v) is 9.22. The standard InChI is InChI=1S/C33H40N2O3/c1-32-16-14-23(36)19-21(32)6-11-25-26-12-13-28(33(26,2)17-15-27(25)32)29-20-30(31-5-4-18-38-31)35(34-29)22-7-9-24(37-3)10-8-22/h4-10,18,20,23,25-28,36H,11-17,19H2,1-3H3/t23-,25-,26-,27-,28+,32-,33-/m0/s1. The monoisotopic (exact) mass is 512 g/mol. The first-order valence-electron chi connectivity index (χ1n) is 14.6. The molecule has 5 heteroatoms. The minimum atomic E-state index is -0.139. The van der Waals surface area contributed by atoms with Gasteiger partial charge in [0.05, 0.1) is 30.9 Å². The van der Waals surface area contributed by atoms with Gasteiger partial charge in [-0.3, -0.25) is 0 Å². The van der Waals surface area contributed by atoms with Crippen LogP contribution in [0.3, 0.4) is 0 Å². The summed E-state index contributed by atoms with van der Waals surface area (Å²) in [6.45, 7) is 5.08. The van der Waals surface area contributed by atoms with Crippen LogP contribution in [0.1, 0.15) is 76.8 Å². The van der Waals surface area contributed by atoms with Gasteiger partial charge in [-0.1, -0.05) is 25.5 Å². The molecule has 4 aliphatic rings. The second kappa shape index (κ2) is 8.87. The number of rotatable bonds is 4. The van der Waals surface area contributed by atoms with Gasteiger partial charge in [0.2, 0.25) is 0 Å². The maximum Gasteiger partial charge on any atom is 0.152 e. The molecule has 4 aliphatic carbocycles. The predicted molar refractivity (Wildman–Crippen MR) is 148 cm³/mol. The molecule has 3 aromatic rings. The number of benzene rings is 1. The first-order chi connectivity index (χ1) is 18.4. The van der Waals surface area contributed by atoms with Crippen molar-refractivity contribution >= 4 is 0 Å². The van der Waals surface area contributed by atoms with Crippen LogP contribution >= 0.6 is 0 Å². The molecule has 0 spiro atoms. The maximum atomic E-state index is 10.3. The average Bonchev–Trinajstić information content (AvgIpc) is 3.67. The van der Waals surface area contributed by atoms with E-state index in [4.69, 9.17) is 14.3 Å². The van der Waals surface area contributed by atoms with Crippen LogP contribution in [-0.2, 0) is 0 Å². The van der Waals surface area contributed by atoms with Crippen LogP contribution in [0.5, 0.6) is 5.75 Å². The highest BCUT2D eigenvalue weighted by molar-refractivity contribution is 5.58. The lowest BCUT2D eigenvalue weighted by atomic mass is 9.47. The highest BCUT2D eigenvalue weighted by atomic mass is 16.5. The molecule has 0 unspecified atom stereocenters. The Morgan fingerprint density at radius 2 is 1.87 bits per heavy atom. The zero-order valence-electron chi connectivity index (χ0n) is 22.9. The number of fused-ring (bicyclic) bond motifs is 5. The molecule has 0 saturated heterocycles.